The molecule has 164 valence electrons. The van der Waals surface area contributed by atoms with Crippen LogP contribution in [0.15, 0.2) is 69.9 Å². The zero-order chi connectivity index (χ0) is 23.1. The summed E-state index contributed by atoms with van der Waals surface area (Å²) in [7, 11) is 0. The fourth-order valence-corrected chi connectivity index (χ4v) is 6.22. The number of carbonyl (C=O) groups is 1. The SMILES string of the molecule is O=C(O)c1ccc(COc2c(Br)cc(/C=c3\sc4nc5ccccc5n4c3=O)cc2I)cc1. The number of halogens is 2. The Morgan fingerprint density at radius 1 is 1.18 bits per heavy atom. The van der Waals surface area contributed by atoms with Gasteiger partial charge in [0, 0.05) is 0 Å². The maximum absolute atomic E-state index is 13.0. The van der Waals surface area contributed by atoms with Gasteiger partial charge in [0.15, 0.2) is 4.96 Å². The molecule has 0 unspecified atom stereocenters. The van der Waals surface area contributed by atoms with Crippen LogP contribution in [0.2, 0.25) is 0 Å². The third kappa shape index (κ3) is 4.28. The summed E-state index contributed by atoms with van der Waals surface area (Å²) in [4.78, 5) is 29.2. The minimum absolute atomic E-state index is 0.0834. The molecule has 33 heavy (non-hydrogen) atoms. The summed E-state index contributed by atoms with van der Waals surface area (Å²) >= 11 is 7.14. The molecule has 6 nitrogen and oxygen atoms in total. The van der Waals surface area contributed by atoms with E-state index in [4.69, 9.17) is 9.84 Å². The number of carboxylic acid groups (broad SMARTS) is 1. The van der Waals surface area contributed by atoms with E-state index in [0.29, 0.717) is 21.8 Å². The maximum Gasteiger partial charge on any atom is 0.335 e. The summed E-state index contributed by atoms with van der Waals surface area (Å²) in [5, 5.41) is 9.02. The number of hydrogen-bond acceptors (Lipinski definition) is 5. The van der Waals surface area contributed by atoms with Crippen LogP contribution in [0.3, 0.4) is 0 Å². The average molecular weight is 633 g/mol. The highest BCUT2D eigenvalue weighted by Gasteiger charge is 2.12. The molecule has 0 radical (unpaired) electrons. The molecule has 0 aliphatic heterocycles. The van der Waals surface area contributed by atoms with Crippen LogP contribution in [0.1, 0.15) is 21.5 Å². The predicted molar refractivity (Wildman–Crippen MR) is 140 cm³/mol. The molecule has 0 spiro atoms. The Bertz CT molecular complexity index is 1620. The van der Waals surface area contributed by atoms with Crippen LogP contribution in [0.25, 0.3) is 22.1 Å². The van der Waals surface area contributed by atoms with Gasteiger partial charge in [-0.1, -0.05) is 35.6 Å². The van der Waals surface area contributed by atoms with E-state index in [1.165, 1.54) is 11.3 Å². The molecule has 0 saturated carbocycles. The molecule has 2 heterocycles. The summed E-state index contributed by atoms with van der Waals surface area (Å²) in [6.07, 6.45) is 1.86. The van der Waals surface area contributed by atoms with Crippen molar-refractivity contribution in [2.75, 3.05) is 0 Å². The number of benzene rings is 3. The molecule has 1 N–H and O–H groups in total. The Morgan fingerprint density at radius 2 is 1.94 bits per heavy atom. The van der Waals surface area contributed by atoms with E-state index in [9.17, 15) is 9.59 Å². The number of para-hydroxylation sites is 2. The molecule has 0 aliphatic carbocycles. The number of carboxylic acids is 1. The molecule has 5 rings (SSSR count). The topological polar surface area (TPSA) is 80.9 Å². The Balaban J connectivity index is 1.44. The van der Waals surface area contributed by atoms with Gasteiger partial charge >= 0.3 is 5.97 Å². The van der Waals surface area contributed by atoms with Crippen LogP contribution < -0.4 is 14.8 Å². The number of fused-ring (bicyclic) bond motifs is 3. The van der Waals surface area contributed by atoms with Gasteiger partial charge in [-0.15, -0.1) is 0 Å². The van der Waals surface area contributed by atoms with Crippen LogP contribution in [0, 0.1) is 3.57 Å². The zero-order valence-corrected chi connectivity index (χ0v) is 21.3. The minimum Gasteiger partial charge on any atom is -0.487 e. The number of hydrogen-bond donors (Lipinski definition) is 1. The average Bonchev–Trinajstić information content (AvgIpc) is 3.29. The second-order valence-electron chi connectivity index (χ2n) is 7.24. The lowest BCUT2D eigenvalue weighted by Crippen LogP contribution is -2.22. The smallest absolute Gasteiger partial charge is 0.335 e. The normalized spacial score (nSPS) is 12.0. The Kier molecular flexibility index (Phi) is 5.94. The molecule has 0 fully saturated rings. The van der Waals surface area contributed by atoms with Crippen molar-refractivity contribution in [3.8, 4) is 5.75 Å². The van der Waals surface area contributed by atoms with E-state index in [1.54, 1.807) is 28.7 Å². The second-order valence-corrected chi connectivity index (χ2v) is 10.3. The number of thiazole rings is 1. The molecular formula is C24H14BrIN2O4S. The largest absolute Gasteiger partial charge is 0.487 e. The zero-order valence-electron chi connectivity index (χ0n) is 16.8. The molecule has 0 bridgehead atoms. The van der Waals surface area contributed by atoms with Gasteiger partial charge in [-0.25, -0.2) is 14.2 Å². The summed E-state index contributed by atoms with van der Waals surface area (Å²) < 4.78 is 9.89. The van der Waals surface area contributed by atoms with E-state index >= 15 is 0 Å². The summed E-state index contributed by atoms with van der Waals surface area (Å²) in [6.45, 7) is 0.303. The number of aromatic nitrogens is 2. The van der Waals surface area contributed by atoms with Crippen LogP contribution in [-0.4, -0.2) is 20.5 Å². The van der Waals surface area contributed by atoms with E-state index in [1.807, 2.05) is 42.5 Å². The van der Waals surface area contributed by atoms with Gasteiger partial charge in [0.1, 0.15) is 12.4 Å². The number of nitrogens with zero attached hydrogens (tertiary/aromatic N) is 2. The first-order chi connectivity index (χ1) is 15.9. The van der Waals surface area contributed by atoms with Crippen molar-refractivity contribution in [1.29, 1.82) is 0 Å². The van der Waals surface area contributed by atoms with Crippen molar-refractivity contribution in [3.05, 3.63) is 100 Å². The Morgan fingerprint density at radius 3 is 2.67 bits per heavy atom. The van der Waals surface area contributed by atoms with Crippen LogP contribution in [0.5, 0.6) is 5.75 Å². The van der Waals surface area contributed by atoms with Gasteiger partial charge in [-0.05, 0) is 92.1 Å². The third-order valence-electron chi connectivity index (χ3n) is 5.05. The van der Waals surface area contributed by atoms with Crippen LogP contribution in [0.4, 0.5) is 0 Å². The lowest BCUT2D eigenvalue weighted by molar-refractivity contribution is 0.0697. The maximum atomic E-state index is 13.0. The predicted octanol–water partition coefficient (Wildman–Crippen LogP) is 5.10. The standard InChI is InChI=1S/C24H14BrIN2O4S/c25-16-9-14(10-17(26)21(16)32-12-13-5-7-15(8-6-13)23(30)31)11-20-22(29)28-19-4-2-1-3-18(19)27-24(28)33-20/h1-11H,12H2,(H,30,31)/b20-11-. The van der Waals surface area contributed by atoms with Crippen molar-refractivity contribution in [2.24, 2.45) is 0 Å². The lowest BCUT2D eigenvalue weighted by atomic mass is 10.1. The lowest BCUT2D eigenvalue weighted by Gasteiger charge is -2.11. The number of aromatic carboxylic acids is 1. The van der Waals surface area contributed by atoms with Gasteiger partial charge in [0.05, 0.1) is 29.2 Å². The number of imidazole rings is 1. The third-order valence-corrected chi connectivity index (χ3v) is 7.41. The second kappa shape index (κ2) is 8.88. The highest BCUT2D eigenvalue weighted by molar-refractivity contribution is 14.1. The van der Waals surface area contributed by atoms with Gasteiger partial charge in [0.25, 0.3) is 5.56 Å². The van der Waals surface area contributed by atoms with Crippen molar-refractivity contribution < 1.29 is 14.6 Å². The first-order valence-corrected chi connectivity index (χ1v) is 12.5. The van der Waals surface area contributed by atoms with Crippen molar-refractivity contribution in [3.63, 3.8) is 0 Å². The van der Waals surface area contributed by atoms with Crippen molar-refractivity contribution >= 4 is 77.9 Å². The molecule has 0 amide bonds. The van der Waals surface area contributed by atoms with Crippen LogP contribution >= 0.6 is 49.9 Å². The Hall–Kier alpha value is -2.76. The summed E-state index contributed by atoms with van der Waals surface area (Å²) in [5.41, 5.74) is 3.51. The van der Waals surface area contributed by atoms with Gasteiger partial charge in [-0.3, -0.25) is 4.79 Å². The minimum atomic E-state index is -0.958. The molecule has 0 atom stereocenters. The first-order valence-electron chi connectivity index (χ1n) is 9.76. The van der Waals surface area contributed by atoms with Gasteiger partial charge in [-0.2, -0.15) is 0 Å². The van der Waals surface area contributed by atoms with Crippen molar-refractivity contribution in [1.82, 2.24) is 9.38 Å². The summed E-state index contributed by atoms with van der Waals surface area (Å²) in [5.74, 6) is -0.274. The van der Waals surface area contributed by atoms with Crippen LogP contribution in [-0.2, 0) is 6.61 Å². The molecular weight excluding hydrogens is 619 g/mol. The highest BCUT2D eigenvalue weighted by atomic mass is 127. The van der Waals surface area contributed by atoms with E-state index in [2.05, 4.69) is 43.5 Å². The van der Waals surface area contributed by atoms with Gasteiger partial charge in [0.2, 0.25) is 0 Å². The first kappa shape index (κ1) is 22.1. The van der Waals surface area contributed by atoms with Crippen molar-refractivity contribution in [2.45, 2.75) is 6.61 Å². The number of rotatable bonds is 5. The highest BCUT2D eigenvalue weighted by Crippen LogP contribution is 2.33. The molecule has 5 aromatic rings. The summed E-state index contributed by atoms with van der Waals surface area (Å²) in [6, 6.07) is 18.0. The molecule has 2 aromatic heterocycles. The fraction of sp³-hybridized carbons (Fsp3) is 0.0417. The Labute approximate surface area is 213 Å². The van der Waals surface area contributed by atoms with E-state index in [-0.39, 0.29) is 11.1 Å². The molecule has 9 heteroatoms. The van der Waals surface area contributed by atoms with E-state index < -0.39 is 5.97 Å². The van der Waals surface area contributed by atoms with Gasteiger partial charge < -0.3 is 9.84 Å². The monoisotopic (exact) mass is 632 g/mol. The molecule has 0 aliphatic rings. The van der Waals surface area contributed by atoms with E-state index in [0.717, 1.165) is 30.2 Å². The number of ether oxygens (including phenoxy) is 1. The quantitative estimate of drug-likeness (QED) is 0.273. The molecule has 0 saturated heterocycles. The fourth-order valence-electron chi connectivity index (χ4n) is 3.46. The molecule has 3 aromatic carbocycles.